The maximum Gasteiger partial charge on any atom is 0.269 e. The number of hydrogen-bond acceptors (Lipinski definition) is 7. The van der Waals surface area contributed by atoms with Gasteiger partial charge in [-0.05, 0) is 48.5 Å². The maximum absolute atomic E-state index is 13.1. The Morgan fingerprint density at radius 2 is 1.67 bits per heavy atom. The number of anilines is 1. The van der Waals surface area contributed by atoms with E-state index in [1.807, 2.05) is 30.3 Å². The molecule has 1 heterocycles. The van der Waals surface area contributed by atoms with E-state index in [1.165, 1.54) is 48.5 Å². The zero-order valence-electron chi connectivity index (χ0n) is 18.6. The quantitative estimate of drug-likeness (QED) is 0.199. The minimum atomic E-state index is -0.539. The highest BCUT2D eigenvalue weighted by Crippen LogP contribution is 2.22. The smallest absolute Gasteiger partial charge is 0.269 e. The first kappa shape index (κ1) is 24.5. The van der Waals surface area contributed by atoms with Gasteiger partial charge in [-0.2, -0.15) is 0 Å². The van der Waals surface area contributed by atoms with Gasteiger partial charge in [0.05, 0.1) is 17.2 Å². The normalized spacial score (nSPS) is 10.6. The fourth-order valence-corrected chi connectivity index (χ4v) is 3.97. The predicted octanol–water partition coefficient (Wildman–Crippen LogP) is 3.98. The summed E-state index contributed by atoms with van der Waals surface area (Å²) in [5, 5.41) is 25.0. The highest BCUT2D eigenvalue weighted by molar-refractivity contribution is 7.99. The van der Waals surface area contributed by atoms with Gasteiger partial charge in [-0.1, -0.05) is 30.0 Å². The summed E-state index contributed by atoms with van der Waals surface area (Å²) in [5.74, 6) is -0.676. The van der Waals surface area contributed by atoms with Crippen molar-refractivity contribution in [2.24, 2.45) is 0 Å². The van der Waals surface area contributed by atoms with E-state index < -0.39 is 16.6 Å². The van der Waals surface area contributed by atoms with E-state index in [9.17, 15) is 24.1 Å². The molecule has 0 saturated heterocycles. The molecule has 0 fully saturated rings. The molecule has 0 saturated carbocycles. The number of para-hydroxylation sites is 1. The molecule has 2 N–H and O–H groups in total. The first-order valence-electron chi connectivity index (χ1n) is 10.6. The number of non-ortho nitro benzene ring substituents is 1. The summed E-state index contributed by atoms with van der Waals surface area (Å²) < 4.78 is 14.8. The molecule has 0 spiro atoms. The van der Waals surface area contributed by atoms with Gasteiger partial charge >= 0.3 is 0 Å². The molecule has 0 radical (unpaired) electrons. The van der Waals surface area contributed by atoms with Gasteiger partial charge in [0.25, 0.3) is 11.6 Å². The summed E-state index contributed by atoms with van der Waals surface area (Å²) in [6.45, 7) is 0.0278. The van der Waals surface area contributed by atoms with Gasteiger partial charge in [0.1, 0.15) is 5.82 Å². The van der Waals surface area contributed by atoms with Crippen LogP contribution in [0.25, 0.3) is 5.69 Å². The van der Waals surface area contributed by atoms with Gasteiger partial charge in [-0.25, -0.2) is 4.39 Å². The Morgan fingerprint density at radius 3 is 2.33 bits per heavy atom. The van der Waals surface area contributed by atoms with Crippen molar-refractivity contribution in [3.8, 4) is 5.69 Å². The van der Waals surface area contributed by atoms with Crippen LogP contribution in [0.2, 0.25) is 0 Å². The van der Waals surface area contributed by atoms with Crippen molar-refractivity contribution in [1.82, 2.24) is 20.1 Å². The molecule has 182 valence electrons. The first-order chi connectivity index (χ1) is 17.4. The molecular weight excluding hydrogens is 487 g/mol. The molecule has 4 aromatic rings. The Bertz CT molecular complexity index is 1380. The van der Waals surface area contributed by atoms with E-state index in [0.29, 0.717) is 16.7 Å². The third-order valence-electron chi connectivity index (χ3n) is 4.92. The fourth-order valence-electron chi connectivity index (χ4n) is 3.20. The van der Waals surface area contributed by atoms with Gasteiger partial charge in [-0.3, -0.25) is 24.3 Å². The van der Waals surface area contributed by atoms with Crippen molar-refractivity contribution in [1.29, 1.82) is 0 Å². The summed E-state index contributed by atoms with van der Waals surface area (Å²) in [6.07, 6.45) is 0. The predicted molar refractivity (Wildman–Crippen MR) is 131 cm³/mol. The molecule has 10 nitrogen and oxygen atoms in total. The molecule has 0 unspecified atom stereocenters. The van der Waals surface area contributed by atoms with Crippen LogP contribution in [0.4, 0.5) is 15.8 Å². The molecular formula is C24H19FN6O4S. The van der Waals surface area contributed by atoms with E-state index >= 15 is 0 Å². The molecule has 0 aliphatic rings. The molecule has 0 bridgehead atoms. The Kier molecular flexibility index (Phi) is 7.66. The van der Waals surface area contributed by atoms with Crippen molar-refractivity contribution < 1.29 is 18.9 Å². The van der Waals surface area contributed by atoms with Gasteiger partial charge < -0.3 is 10.6 Å². The number of hydrogen-bond donors (Lipinski definition) is 2. The van der Waals surface area contributed by atoms with E-state index in [2.05, 4.69) is 20.8 Å². The van der Waals surface area contributed by atoms with Crippen LogP contribution in [0.15, 0.2) is 84.0 Å². The van der Waals surface area contributed by atoms with Crippen LogP contribution in [0.3, 0.4) is 0 Å². The third kappa shape index (κ3) is 6.10. The number of aromatic nitrogens is 3. The number of carbonyl (C=O) groups is 2. The zero-order valence-corrected chi connectivity index (χ0v) is 19.4. The number of nitro benzene ring substituents is 1. The second-order valence-corrected chi connectivity index (χ2v) is 8.34. The number of nitrogens with zero attached hydrogens (tertiary/aromatic N) is 4. The monoisotopic (exact) mass is 506 g/mol. The summed E-state index contributed by atoms with van der Waals surface area (Å²) in [4.78, 5) is 35.2. The summed E-state index contributed by atoms with van der Waals surface area (Å²) in [7, 11) is 0. The van der Waals surface area contributed by atoms with Crippen LogP contribution in [0.1, 0.15) is 16.2 Å². The second kappa shape index (κ2) is 11.2. The number of rotatable bonds is 9. The van der Waals surface area contributed by atoms with Crippen LogP contribution >= 0.6 is 11.8 Å². The van der Waals surface area contributed by atoms with Crippen molar-refractivity contribution >= 4 is 35.0 Å². The molecule has 3 aromatic carbocycles. The Hall–Kier alpha value is -4.58. The molecule has 1 aromatic heterocycles. The third-order valence-corrected chi connectivity index (χ3v) is 5.85. The average Bonchev–Trinajstić information content (AvgIpc) is 3.30. The van der Waals surface area contributed by atoms with Gasteiger partial charge in [0.15, 0.2) is 11.0 Å². The molecule has 4 rings (SSSR count). The minimum Gasteiger partial charge on any atom is -0.345 e. The van der Waals surface area contributed by atoms with Gasteiger partial charge in [0.2, 0.25) is 5.91 Å². The lowest BCUT2D eigenvalue weighted by atomic mass is 10.2. The maximum atomic E-state index is 13.1. The van der Waals surface area contributed by atoms with Gasteiger partial charge in [-0.15, -0.1) is 10.2 Å². The minimum absolute atomic E-state index is 0.0253. The fraction of sp³-hybridized carbons (Fsp3) is 0.0833. The SMILES string of the molecule is O=C(CSc1nnc(CNC(=O)c2ccc([N+](=O)[O-])cc2)n1-c1ccccc1)Nc1ccc(F)cc1. The number of nitro groups is 1. The molecule has 0 aliphatic heterocycles. The summed E-state index contributed by atoms with van der Waals surface area (Å²) in [6, 6.07) is 19.9. The number of halogens is 1. The lowest BCUT2D eigenvalue weighted by Crippen LogP contribution is -2.24. The summed E-state index contributed by atoms with van der Waals surface area (Å²) >= 11 is 1.15. The van der Waals surface area contributed by atoms with Gasteiger partial charge in [0, 0.05) is 29.1 Å². The summed E-state index contributed by atoms with van der Waals surface area (Å²) in [5.41, 5.74) is 1.36. The number of carbonyl (C=O) groups excluding carboxylic acids is 2. The molecule has 12 heteroatoms. The van der Waals surface area contributed by atoms with Crippen LogP contribution < -0.4 is 10.6 Å². The number of amides is 2. The zero-order chi connectivity index (χ0) is 25.5. The number of nitrogens with one attached hydrogen (secondary N) is 2. The molecule has 36 heavy (non-hydrogen) atoms. The highest BCUT2D eigenvalue weighted by atomic mass is 32.2. The van der Waals surface area contributed by atoms with Crippen molar-refractivity contribution in [2.45, 2.75) is 11.7 Å². The Balaban J connectivity index is 1.46. The standard InChI is InChI=1S/C24H19FN6O4S/c25-17-8-10-18(11-9-17)27-22(32)15-36-24-29-28-21(30(24)19-4-2-1-3-5-19)14-26-23(33)16-6-12-20(13-7-16)31(34)35/h1-13H,14-15H2,(H,26,33)(H,27,32). The van der Waals surface area contributed by atoms with E-state index in [1.54, 1.807) is 4.57 Å². The second-order valence-electron chi connectivity index (χ2n) is 7.40. The highest BCUT2D eigenvalue weighted by Gasteiger charge is 2.17. The van der Waals surface area contributed by atoms with Crippen molar-refractivity contribution in [3.63, 3.8) is 0 Å². The van der Waals surface area contributed by atoms with Crippen LogP contribution in [0, 0.1) is 15.9 Å². The van der Waals surface area contributed by atoms with Crippen molar-refractivity contribution in [3.05, 3.63) is 106 Å². The largest absolute Gasteiger partial charge is 0.345 e. The number of thioether (sulfide) groups is 1. The topological polar surface area (TPSA) is 132 Å². The number of benzene rings is 3. The average molecular weight is 507 g/mol. The van der Waals surface area contributed by atoms with E-state index in [-0.39, 0.29) is 29.5 Å². The molecule has 2 amide bonds. The van der Waals surface area contributed by atoms with Crippen LogP contribution in [0.5, 0.6) is 0 Å². The lowest BCUT2D eigenvalue weighted by molar-refractivity contribution is -0.384. The first-order valence-corrected chi connectivity index (χ1v) is 11.6. The Labute approximate surface area is 208 Å². The van der Waals surface area contributed by atoms with E-state index in [4.69, 9.17) is 0 Å². The Morgan fingerprint density at radius 1 is 0.972 bits per heavy atom. The van der Waals surface area contributed by atoms with E-state index in [0.717, 1.165) is 17.4 Å². The lowest BCUT2D eigenvalue weighted by Gasteiger charge is -2.11. The molecule has 0 aliphatic carbocycles. The van der Waals surface area contributed by atoms with Crippen LogP contribution in [-0.4, -0.2) is 37.3 Å². The molecule has 0 atom stereocenters. The van der Waals surface area contributed by atoms with Crippen molar-refractivity contribution in [2.75, 3.05) is 11.1 Å². The van der Waals surface area contributed by atoms with Crippen LogP contribution in [-0.2, 0) is 11.3 Å².